The van der Waals surface area contributed by atoms with E-state index in [1.54, 1.807) is 0 Å². The molecule has 2 aliphatic rings. The van der Waals surface area contributed by atoms with E-state index in [2.05, 4.69) is 62.9 Å². The van der Waals surface area contributed by atoms with Crippen LogP contribution >= 0.6 is 0 Å². The van der Waals surface area contributed by atoms with Crippen LogP contribution in [-0.2, 0) is 17.8 Å². The molecule has 0 aliphatic carbocycles. The summed E-state index contributed by atoms with van der Waals surface area (Å²) < 4.78 is 0. The maximum atomic E-state index is 13.2. The van der Waals surface area contributed by atoms with Gasteiger partial charge in [-0.1, -0.05) is 42.5 Å². The fourth-order valence-corrected chi connectivity index (χ4v) is 4.66. The summed E-state index contributed by atoms with van der Waals surface area (Å²) in [6, 6.07) is 14.8. The summed E-state index contributed by atoms with van der Waals surface area (Å²) in [6.45, 7) is 3.42. The van der Waals surface area contributed by atoms with Crippen molar-refractivity contribution in [3.05, 3.63) is 53.7 Å². The van der Waals surface area contributed by atoms with Gasteiger partial charge in [0.05, 0.1) is 5.69 Å². The van der Waals surface area contributed by atoms with E-state index in [-0.39, 0.29) is 5.92 Å². The predicted molar refractivity (Wildman–Crippen MR) is 111 cm³/mol. The molecule has 1 atom stereocenters. The Morgan fingerprint density at radius 1 is 1.07 bits per heavy atom. The van der Waals surface area contributed by atoms with Gasteiger partial charge >= 0.3 is 0 Å². The monoisotopic (exact) mass is 374 g/mol. The van der Waals surface area contributed by atoms with Gasteiger partial charge in [-0.3, -0.25) is 9.89 Å². The van der Waals surface area contributed by atoms with Crippen LogP contribution in [0.2, 0.25) is 0 Å². The largest absolute Gasteiger partial charge is 0.338 e. The molecule has 1 fully saturated rings. The van der Waals surface area contributed by atoms with Gasteiger partial charge in [0.2, 0.25) is 5.91 Å². The molecule has 144 valence electrons. The number of carbonyl (C=O) groups is 1. The fourth-order valence-electron chi connectivity index (χ4n) is 4.66. The van der Waals surface area contributed by atoms with Gasteiger partial charge in [-0.05, 0) is 43.1 Å². The van der Waals surface area contributed by atoms with Crippen LogP contribution in [0.5, 0.6) is 0 Å². The first-order chi connectivity index (χ1) is 13.8. The van der Waals surface area contributed by atoms with Crippen molar-refractivity contribution in [2.75, 3.05) is 19.6 Å². The minimum absolute atomic E-state index is 0.157. The standard InChI is InChI=1S/C23H26N4O/c28-23(17-7-4-12-24-13-10-17)27-14-11-21-20(15-27)22(26-25-21)19-9-3-6-16-5-1-2-8-18(16)19/h1-3,5-6,8-9,17,24H,4,7,10-15H2,(H,25,26)/t17-/m1/s1. The Morgan fingerprint density at radius 3 is 2.93 bits per heavy atom. The third kappa shape index (κ3) is 3.10. The van der Waals surface area contributed by atoms with Gasteiger partial charge in [0.15, 0.2) is 0 Å². The van der Waals surface area contributed by atoms with Crippen LogP contribution in [0.3, 0.4) is 0 Å². The average Bonchev–Trinajstić information content (AvgIpc) is 2.97. The van der Waals surface area contributed by atoms with Crippen molar-refractivity contribution in [3.8, 4) is 11.3 Å². The Hall–Kier alpha value is -2.66. The van der Waals surface area contributed by atoms with E-state index in [0.717, 1.165) is 56.6 Å². The molecule has 3 aromatic rings. The highest BCUT2D eigenvalue weighted by Crippen LogP contribution is 2.33. The maximum Gasteiger partial charge on any atom is 0.226 e. The van der Waals surface area contributed by atoms with E-state index in [4.69, 9.17) is 0 Å². The van der Waals surface area contributed by atoms with Gasteiger partial charge in [-0.2, -0.15) is 5.10 Å². The van der Waals surface area contributed by atoms with Gasteiger partial charge < -0.3 is 10.2 Å². The lowest BCUT2D eigenvalue weighted by atomic mass is 9.94. The summed E-state index contributed by atoms with van der Waals surface area (Å²) in [7, 11) is 0. The number of carbonyl (C=O) groups excluding carboxylic acids is 1. The SMILES string of the molecule is O=C([C@@H]1CCCNCC1)N1CCc2[nH]nc(-c3cccc4ccccc34)c2C1. The molecule has 1 amide bonds. The molecule has 5 heteroatoms. The molecule has 3 heterocycles. The molecule has 1 aromatic heterocycles. The number of nitrogens with zero attached hydrogens (tertiary/aromatic N) is 2. The topological polar surface area (TPSA) is 61.0 Å². The van der Waals surface area contributed by atoms with Crippen molar-refractivity contribution in [2.45, 2.75) is 32.2 Å². The molecule has 5 rings (SSSR count). The summed E-state index contributed by atoms with van der Waals surface area (Å²) in [6.07, 6.45) is 3.88. The number of aromatic nitrogens is 2. The molecule has 2 N–H and O–H groups in total. The number of fused-ring (bicyclic) bond motifs is 2. The van der Waals surface area contributed by atoms with Crippen molar-refractivity contribution in [1.29, 1.82) is 0 Å². The Morgan fingerprint density at radius 2 is 1.96 bits per heavy atom. The van der Waals surface area contributed by atoms with E-state index in [0.29, 0.717) is 12.5 Å². The highest BCUT2D eigenvalue weighted by Gasteiger charge is 2.30. The van der Waals surface area contributed by atoms with Gasteiger partial charge in [-0.25, -0.2) is 0 Å². The van der Waals surface area contributed by atoms with E-state index in [9.17, 15) is 4.79 Å². The Labute approximate surface area is 165 Å². The second-order valence-electron chi connectivity index (χ2n) is 7.94. The molecule has 0 saturated carbocycles. The van der Waals surface area contributed by atoms with Gasteiger partial charge in [0.25, 0.3) is 0 Å². The number of benzene rings is 2. The minimum atomic E-state index is 0.157. The second kappa shape index (κ2) is 7.40. The summed E-state index contributed by atoms with van der Waals surface area (Å²) in [5.74, 6) is 0.476. The number of hydrogen-bond donors (Lipinski definition) is 2. The molecule has 2 aliphatic heterocycles. The average molecular weight is 374 g/mol. The van der Waals surface area contributed by atoms with Crippen LogP contribution < -0.4 is 5.32 Å². The normalized spacial score (nSPS) is 20.0. The molecular formula is C23H26N4O. The Kier molecular flexibility index (Phi) is 4.61. The first-order valence-corrected chi connectivity index (χ1v) is 10.3. The van der Waals surface area contributed by atoms with Crippen LogP contribution in [-0.4, -0.2) is 40.6 Å². The fraction of sp³-hybridized carbons (Fsp3) is 0.391. The second-order valence-corrected chi connectivity index (χ2v) is 7.94. The predicted octanol–water partition coefficient (Wildman–Crippen LogP) is 3.50. The molecule has 0 unspecified atom stereocenters. The molecule has 1 saturated heterocycles. The third-order valence-corrected chi connectivity index (χ3v) is 6.21. The van der Waals surface area contributed by atoms with Crippen LogP contribution in [0.1, 0.15) is 30.5 Å². The molecule has 0 spiro atoms. The number of nitrogens with one attached hydrogen (secondary N) is 2. The van der Waals surface area contributed by atoms with Crippen molar-refractivity contribution in [3.63, 3.8) is 0 Å². The van der Waals surface area contributed by atoms with E-state index >= 15 is 0 Å². The highest BCUT2D eigenvalue weighted by atomic mass is 16.2. The minimum Gasteiger partial charge on any atom is -0.338 e. The van der Waals surface area contributed by atoms with Gasteiger partial charge in [-0.15, -0.1) is 0 Å². The number of aromatic amines is 1. The van der Waals surface area contributed by atoms with Crippen LogP contribution in [0.25, 0.3) is 22.0 Å². The van der Waals surface area contributed by atoms with Crippen LogP contribution in [0.15, 0.2) is 42.5 Å². The number of hydrogen-bond acceptors (Lipinski definition) is 3. The lowest BCUT2D eigenvalue weighted by molar-refractivity contribution is -0.136. The summed E-state index contributed by atoms with van der Waals surface area (Å²) in [5, 5.41) is 13.7. The first-order valence-electron chi connectivity index (χ1n) is 10.3. The van der Waals surface area contributed by atoms with Crippen molar-refractivity contribution < 1.29 is 4.79 Å². The maximum absolute atomic E-state index is 13.2. The molecule has 0 bridgehead atoms. The molecule has 5 nitrogen and oxygen atoms in total. The number of H-pyrrole nitrogens is 1. The lowest BCUT2D eigenvalue weighted by Crippen LogP contribution is -2.40. The van der Waals surface area contributed by atoms with E-state index < -0.39 is 0 Å². The molecule has 2 aromatic carbocycles. The lowest BCUT2D eigenvalue weighted by Gasteiger charge is -2.30. The van der Waals surface area contributed by atoms with Crippen LogP contribution in [0.4, 0.5) is 0 Å². The van der Waals surface area contributed by atoms with E-state index in [1.165, 1.54) is 22.0 Å². The molecule has 0 radical (unpaired) electrons. The molecular weight excluding hydrogens is 348 g/mol. The quantitative estimate of drug-likeness (QED) is 0.722. The summed E-state index contributed by atoms with van der Waals surface area (Å²) in [5.41, 5.74) is 4.49. The van der Waals surface area contributed by atoms with Gasteiger partial charge in [0, 0.05) is 42.2 Å². The zero-order valence-electron chi connectivity index (χ0n) is 16.1. The third-order valence-electron chi connectivity index (χ3n) is 6.21. The Balaban J connectivity index is 1.46. The van der Waals surface area contributed by atoms with Crippen LogP contribution in [0, 0.1) is 5.92 Å². The Bertz CT molecular complexity index is 996. The summed E-state index contributed by atoms with van der Waals surface area (Å²) >= 11 is 0. The highest BCUT2D eigenvalue weighted by molar-refractivity contribution is 5.96. The molecule has 28 heavy (non-hydrogen) atoms. The van der Waals surface area contributed by atoms with E-state index in [1.807, 2.05) is 0 Å². The first kappa shape index (κ1) is 17.4. The van der Waals surface area contributed by atoms with Crippen molar-refractivity contribution in [2.24, 2.45) is 5.92 Å². The summed E-state index contributed by atoms with van der Waals surface area (Å²) in [4.78, 5) is 15.2. The zero-order chi connectivity index (χ0) is 18.9. The number of rotatable bonds is 2. The van der Waals surface area contributed by atoms with Crippen molar-refractivity contribution in [1.82, 2.24) is 20.4 Å². The van der Waals surface area contributed by atoms with Crippen molar-refractivity contribution >= 4 is 16.7 Å². The zero-order valence-corrected chi connectivity index (χ0v) is 16.1. The van der Waals surface area contributed by atoms with Gasteiger partial charge in [0.1, 0.15) is 0 Å². The number of amides is 1. The smallest absolute Gasteiger partial charge is 0.226 e.